The van der Waals surface area contributed by atoms with Crippen molar-refractivity contribution >= 4 is 5.69 Å². The molecule has 0 saturated carbocycles. The Kier molecular flexibility index (Phi) is 3.83. The van der Waals surface area contributed by atoms with Gasteiger partial charge in [-0.3, -0.25) is 0 Å². The number of anilines is 1. The smallest absolute Gasteiger partial charge is 0.292 e. The molecule has 3 heteroatoms. The van der Waals surface area contributed by atoms with Crippen LogP contribution < -0.4 is 10.1 Å². The molecule has 0 bridgehead atoms. The molecule has 0 unspecified atom stereocenters. The van der Waals surface area contributed by atoms with Crippen LogP contribution in [0.25, 0.3) is 0 Å². The number of nitrogens with zero attached hydrogens (tertiary/aromatic N) is 1. The molecule has 0 heterocycles. The number of benzene rings is 2. The zero-order valence-corrected chi connectivity index (χ0v) is 10.2. The van der Waals surface area contributed by atoms with E-state index in [9.17, 15) is 0 Å². The third-order valence-corrected chi connectivity index (χ3v) is 2.67. The van der Waals surface area contributed by atoms with E-state index in [0.29, 0.717) is 5.75 Å². The number of rotatable bonds is 4. The summed E-state index contributed by atoms with van der Waals surface area (Å²) in [6, 6.07) is 15.9. The lowest BCUT2D eigenvalue weighted by Crippen LogP contribution is -1.99. The second kappa shape index (κ2) is 5.74. The number of ether oxygens (including phenoxy) is 1. The minimum Gasteiger partial charge on any atom is -0.388 e. The average molecular weight is 238 g/mol. The first-order valence-corrected chi connectivity index (χ1v) is 5.74. The van der Waals surface area contributed by atoms with Crippen LogP contribution in [0.4, 0.5) is 5.69 Å². The third kappa shape index (κ3) is 3.02. The van der Waals surface area contributed by atoms with E-state index in [0.717, 1.165) is 17.8 Å². The Labute approximate surface area is 107 Å². The summed E-state index contributed by atoms with van der Waals surface area (Å²) in [5.74, 6) is 0.600. The lowest BCUT2D eigenvalue weighted by molar-refractivity contribution is 0.503. The normalized spacial score (nSPS) is 9.56. The summed E-state index contributed by atoms with van der Waals surface area (Å²) in [4.78, 5) is 0. The minimum atomic E-state index is 0.600. The second-order valence-electron chi connectivity index (χ2n) is 4.01. The molecule has 0 saturated heterocycles. The number of nitrogens with one attached hydrogen (secondary N) is 1. The highest BCUT2D eigenvalue weighted by molar-refractivity contribution is 5.51. The molecular weight excluding hydrogens is 224 g/mol. The summed E-state index contributed by atoms with van der Waals surface area (Å²) in [5.41, 5.74) is 3.18. The maximum absolute atomic E-state index is 8.48. The summed E-state index contributed by atoms with van der Waals surface area (Å²) in [6.07, 6.45) is 1.68. The Hall–Kier alpha value is -2.47. The molecule has 0 atom stereocenters. The molecule has 2 aromatic rings. The van der Waals surface area contributed by atoms with Gasteiger partial charge in [-0.2, -0.15) is 0 Å². The zero-order valence-electron chi connectivity index (χ0n) is 10.2. The van der Waals surface area contributed by atoms with Crippen molar-refractivity contribution < 1.29 is 4.74 Å². The highest BCUT2D eigenvalue weighted by Crippen LogP contribution is 2.22. The number of hydrogen-bond donors (Lipinski definition) is 1. The van der Waals surface area contributed by atoms with E-state index in [1.54, 1.807) is 12.3 Å². The van der Waals surface area contributed by atoms with Crippen LogP contribution in [0.5, 0.6) is 5.75 Å². The van der Waals surface area contributed by atoms with E-state index < -0.39 is 0 Å². The largest absolute Gasteiger partial charge is 0.388 e. The molecule has 0 radical (unpaired) electrons. The molecule has 3 nitrogen and oxygen atoms in total. The van der Waals surface area contributed by atoms with Gasteiger partial charge in [0.05, 0.1) is 0 Å². The Bertz CT molecular complexity index is 558. The Morgan fingerprint density at radius 3 is 2.61 bits per heavy atom. The molecule has 2 rings (SSSR count). The summed E-state index contributed by atoms with van der Waals surface area (Å²) < 4.78 is 4.83. The van der Waals surface area contributed by atoms with Gasteiger partial charge in [0.25, 0.3) is 6.26 Å². The first-order valence-electron chi connectivity index (χ1n) is 5.74. The topological polar surface area (TPSA) is 45.0 Å². The molecule has 0 spiro atoms. The van der Waals surface area contributed by atoms with Crippen molar-refractivity contribution in [3.63, 3.8) is 0 Å². The van der Waals surface area contributed by atoms with E-state index in [-0.39, 0.29) is 0 Å². The Balaban J connectivity index is 2.03. The number of aryl methyl sites for hydroxylation is 1. The van der Waals surface area contributed by atoms with Gasteiger partial charge in [-0.1, -0.05) is 30.3 Å². The van der Waals surface area contributed by atoms with Crippen molar-refractivity contribution in [3.05, 3.63) is 59.7 Å². The fourth-order valence-corrected chi connectivity index (χ4v) is 1.72. The van der Waals surface area contributed by atoms with Crippen LogP contribution in [-0.4, -0.2) is 0 Å². The lowest BCUT2D eigenvalue weighted by Gasteiger charge is -2.08. The van der Waals surface area contributed by atoms with Crippen LogP contribution >= 0.6 is 0 Å². The quantitative estimate of drug-likeness (QED) is 0.829. The van der Waals surface area contributed by atoms with Crippen LogP contribution in [0, 0.1) is 18.4 Å². The summed E-state index contributed by atoms with van der Waals surface area (Å²) >= 11 is 0. The predicted octanol–water partition coefficient (Wildman–Crippen LogP) is 3.47. The summed E-state index contributed by atoms with van der Waals surface area (Å²) in [6.45, 7) is 2.69. The molecule has 0 aliphatic rings. The molecule has 0 aliphatic carbocycles. The fourth-order valence-electron chi connectivity index (χ4n) is 1.72. The highest BCUT2D eigenvalue weighted by atomic mass is 16.5. The van der Waals surface area contributed by atoms with Crippen LogP contribution in [0.15, 0.2) is 48.5 Å². The van der Waals surface area contributed by atoms with Crippen molar-refractivity contribution in [3.8, 4) is 12.0 Å². The number of nitriles is 1. The van der Waals surface area contributed by atoms with Crippen molar-refractivity contribution in [2.45, 2.75) is 13.5 Å². The van der Waals surface area contributed by atoms with Crippen LogP contribution in [0.1, 0.15) is 11.1 Å². The van der Waals surface area contributed by atoms with Gasteiger partial charge in [0, 0.05) is 12.2 Å². The molecule has 18 heavy (non-hydrogen) atoms. The standard InChI is InChI=1S/C15H14N2O/c1-12-9-14(7-8-15(12)18-11-16)17-10-13-5-3-2-4-6-13/h2-9,17H,10H2,1H3. The maximum Gasteiger partial charge on any atom is 0.292 e. The van der Waals surface area contributed by atoms with Gasteiger partial charge in [-0.15, -0.1) is 5.26 Å². The van der Waals surface area contributed by atoms with E-state index in [4.69, 9.17) is 10.00 Å². The minimum absolute atomic E-state index is 0.600. The van der Waals surface area contributed by atoms with Crippen molar-refractivity contribution in [2.75, 3.05) is 5.32 Å². The van der Waals surface area contributed by atoms with Gasteiger partial charge < -0.3 is 10.1 Å². The van der Waals surface area contributed by atoms with E-state index in [2.05, 4.69) is 17.4 Å². The van der Waals surface area contributed by atoms with Gasteiger partial charge in [-0.05, 0) is 36.2 Å². The molecule has 0 fully saturated rings. The lowest BCUT2D eigenvalue weighted by atomic mass is 10.2. The van der Waals surface area contributed by atoms with E-state index in [1.807, 2.05) is 37.3 Å². The molecule has 0 amide bonds. The van der Waals surface area contributed by atoms with Crippen molar-refractivity contribution in [1.29, 1.82) is 5.26 Å². The summed E-state index contributed by atoms with van der Waals surface area (Å²) in [5, 5.41) is 11.8. The zero-order chi connectivity index (χ0) is 12.8. The van der Waals surface area contributed by atoms with Crippen molar-refractivity contribution in [2.24, 2.45) is 0 Å². The second-order valence-corrected chi connectivity index (χ2v) is 4.01. The third-order valence-electron chi connectivity index (χ3n) is 2.67. The SMILES string of the molecule is Cc1cc(NCc2ccccc2)ccc1OC#N. The predicted molar refractivity (Wildman–Crippen MR) is 71.2 cm³/mol. The molecule has 0 aliphatic heterocycles. The molecular formula is C15H14N2O. The van der Waals surface area contributed by atoms with E-state index in [1.165, 1.54) is 5.56 Å². The first-order chi connectivity index (χ1) is 8.79. The maximum atomic E-state index is 8.48. The first kappa shape index (κ1) is 12.0. The van der Waals surface area contributed by atoms with Gasteiger partial charge in [-0.25, -0.2) is 0 Å². The van der Waals surface area contributed by atoms with Crippen LogP contribution in [0.3, 0.4) is 0 Å². The molecule has 0 aromatic heterocycles. The van der Waals surface area contributed by atoms with Crippen LogP contribution in [-0.2, 0) is 6.54 Å². The average Bonchev–Trinajstić information content (AvgIpc) is 2.41. The number of hydrogen-bond acceptors (Lipinski definition) is 3. The van der Waals surface area contributed by atoms with Crippen LogP contribution in [0.2, 0.25) is 0 Å². The summed E-state index contributed by atoms with van der Waals surface area (Å²) in [7, 11) is 0. The monoisotopic (exact) mass is 238 g/mol. The molecule has 90 valence electrons. The van der Waals surface area contributed by atoms with Gasteiger partial charge in [0.2, 0.25) is 0 Å². The Morgan fingerprint density at radius 1 is 1.17 bits per heavy atom. The van der Waals surface area contributed by atoms with E-state index >= 15 is 0 Å². The highest BCUT2D eigenvalue weighted by Gasteiger charge is 2.01. The van der Waals surface area contributed by atoms with Crippen molar-refractivity contribution in [1.82, 2.24) is 0 Å². The van der Waals surface area contributed by atoms with Gasteiger partial charge in [0.15, 0.2) is 0 Å². The Morgan fingerprint density at radius 2 is 1.94 bits per heavy atom. The molecule has 1 N–H and O–H groups in total. The van der Waals surface area contributed by atoms with Gasteiger partial charge in [0.1, 0.15) is 5.75 Å². The molecule has 2 aromatic carbocycles. The van der Waals surface area contributed by atoms with Gasteiger partial charge >= 0.3 is 0 Å². The fraction of sp³-hybridized carbons (Fsp3) is 0.133.